The summed E-state index contributed by atoms with van der Waals surface area (Å²) in [5.74, 6) is -2.45. The lowest BCUT2D eigenvalue weighted by Crippen LogP contribution is -2.31. The first-order valence-electron chi connectivity index (χ1n) is 8.60. The van der Waals surface area contributed by atoms with E-state index in [2.05, 4.69) is 0 Å². The van der Waals surface area contributed by atoms with Crippen molar-refractivity contribution in [3.05, 3.63) is 64.2 Å². The molecule has 0 aliphatic carbocycles. The molecule has 1 amide bonds. The summed E-state index contributed by atoms with van der Waals surface area (Å²) in [4.78, 5) is 13.8. The molecule has 0 N–H and O–H groups in total. The smallest absolute Gasteiger partial charge is 0.253 e. The molecule has 5 nitrogen and oxygen atoms in total. The number of rotatable bonds is 7. The van der Waals surface area contributed by atoms with Gasteiger partial charge < -0.3 is 4.90 Å². The van der Waals surface area contributed by atoms with Crippen LogP contribution >= 0.6 is 11.6 Å². The highest BCUT2D eigenvalue weighted by atomic mass is 35.5. The van der Waals surface area contributed by atoms with Crippen LogP contribution in [-0.4, -0.2) is 43.7 Å². The largest absolute Gasteiger partial charge is 0.337 e. The quantitative estimate of drug-likeness (QED) is 0.669. The molecule has 0 aliphatic heterocycles. The van der Waals surface area contributed by atoms with Crippen LogP contribution in [0.15, 0.2) is 41.3 Å². The van der Waals surface area contributed by atoms with E-state index in [1.807, 2.05) is 0 Å². The van der Waals surface area contributed by atoms with E-state index in [9.17, 15) is 22.0 Å². The molecule has 152 valence electrons. The standard InChI is InChI=1S/C19H21ClF2N2O3S/c1-4-24(5-2)28(26,27)18-11-14(7-8-15(18)20)19(25)23(3)12-13-6-9-16(21)17(22)10-13/h6-11H,4-5,12H2,1-3H3. The van der Waals surface area contributed by atoms with Gasteiger partial charge in [-0.25, -0.2) is 17.2 Å². The fraction of sp³-hybridized carbons (Fsp3) is 0.316. The van der Waals surface area contributed by atoms with Crippen molar-refractivity contribution >= 4 is 27.5 Å². The molecule has 0 radical (unpaired) electrons. The van der Waals surface area contributed by atoms with Crippen LogP contribution in [0.5, 0.6) is 0 Å². The Morgan fingerprint density at radius 1 is 1.04 bits per heavy atom. The van der Waals surface area contributed by atoms with E-state index in [1.165, 1.54) is 40.5 Å². The summed E-state index contributed by atoms with van der Waals surface area (Å²) >= 11 is 6.08. The zero-order valence-electron chi connectivity index (χ0n) is 15.7. The Morgan fingerprint density at radius 3 is 2.25 bits per heavy atom. The fourth-order valence-corrected chi connectivity index (χ4v) is 4.70. The molecular formula is C19H21ClF2N2O3S. The van der Waals surface area contributed by atoms with Gasteiger partial charge in [0.05, 0.1) is 5.02 Å². The summed E-state index contributed by atoms with van der Waals surface area (Å²) in [5.41, 5.74) is 0.528. The van der Waals surface area contributed by atoms with Gasteiger partial charge in [-0.2, -0.15) is 4.31 Å². The van der Waals surface area contributed by atoms with Gasteiger partial charge in [0.15, 0.2) is 11.6 Å². The van der Waals surface area contributed by atoms with Gasteiger partial charge >= 0.3 is 0 Å². The van der Waals surface area contributed by atoms with Crippen LogP contribution in [0.4, 0.5) is 8.78 Å². The number of carbonyl (C=O) groups is 1. The Labute approximate surface area is 168 Å². The summed E-state index contributed by atoms with van der Waals surface area (Å²) in [6, 6.07) is 7.39. The molecule has 0 fully saturated rings. The molecular weight excluding hydrogens is 410 g/mol. The number of nitrogens with zero attached hydrogens (tertiary/aromatic N) is 2. The normalized spacial score (nSPS) is 11.7. The first kappa shape index (κ1) is 22.3. The van der Waals surface area contributed by atoms with Crippen LogP contribution in [0.25, 0.3) is 0 Å². The van der Waals surface area contributed by atoms with Crippen LogP contribution in [0, 0.1) is 11.6 Å². The highest BCUT2D eigenvalue weighted by Crippen LogP contribution is 2.26. The number of amides is 1. The second-order valence-electron chi connectivity index (χ2n) is 6.14. The molecule has 0 bridgehead atoms. The molecule has 0 heterocycles. The van der Waals surface area contributed by atoms with Crippen molar-refractivity contribution in [1.29, 1.82) is 0 Å². The van der Waals surface area contributed by atoms with Crippen LogP contribution in [-0.2, 0) is 16.6 Å². The van der Waals surface area contributed by atoms with Gasteiger partial charge in [0.1, 0.15) is 4.90 Å². The number of carbonyl (C=O) groups excluding carboxylic acids is 1. The maximum atomic E-state index is 13.4. The molecule has 0 saturated carbocycles. The average molecular weight is 431 g/mol. The van der Waals surface area contributed by atoms with Crippen molar-refractivity contribution in [3.8, 4) is 0 Å². The minimum absolute atomic E-state index is 0.0201. The summed E-state index contributed by atoms with van der Waals surface area (Å²) in [6.07, 6.45) is 0. The van der Waals surface area contributed by atoms with Gasteiger partial charge in [-0.05, 0) is 35.9 Å². The van der Waals surface area contributed by atoms with Gasteiger partial charge in [-0.3, -0.25) is 4.79 Å². The fourth-order valence-electron chi connectivity index (χ4n) is 2.74. The van der Waals surface area contributed by atoms with E-state index >= 15 is 0 Å². The topological polar surface area (TPSA) is 57.7 Å². The first-order valence-corrected chi connectivity index (χ1v) is 10.4. The van der Waals surface area contributed by atoms with Crippen molar-refractivity contribution in [1.82, 2.24) is 9.21 Å². The average Bonchev–Trinajstić information content (AvgIpc) is 2.65. The van der Waals surface area contributed by atoms with Crippen LogP contribution in [0.2, 0.25) is 5.02 Å². The Balaban J connectivity index is 2.32. The molecule has 9 heteroatoms. The van der Waals surface area contributed by atoms with Crippen molar-refractivity contribution < 1.29 is 22.0 Å². The highest BCUT2D eigenvalue weighted by Gasteiger charge is 2.26. The second-order valence-corrected chi connectivity index (χ2v) is 8.46. The molecule has 0 atom stereocenters. The molecule has 2 aromatic carbocycles. The van der Waals surface area contributed by atoms with E-state index in [1.54, 1.807) is 13.8 Å². The Kier molecular flexibility index (Phi) is 7.14. The molecule has 2 aromatic rings. The minimum atomic E-state index is -3.84. The van der Waals surface area contributed by atoms with Gasteiger partial charge in [0.25, 0.3) is 5.91 Å². The Morgan fingerprint density at radius 2 is 1.68 bits per heavy atom. The van der Waals surface area contributed by atoms with Gasteiger partial charge in [-0.1, -0.05) is 31.5 Å². The van der Waals surface area contributed by atoms with E-state index in [4.69, 9.17) is 11.6 Å². The molecule has 0 aromatic heterocycles. The van der Waals surface area contributed by atoms with E-state index < -0.39 is 27.6 Å². The molecule has 0 unspecified atom stereocenters. The number of sulfonamides is 1. The van der Waals surface area contributed by atoms with Crippen LogP contribution in [0.3, 0.4) is 0 Å². The van der Waals surface area contributed by atoms with Crippen molar-refractivity contribution in [2.24, 2.45) is 0 Å². The molecule has 0 spiro atoms. The molecule has 2 rings (SSSR count). The predicted octanol–water partition coefficient (Wildman–Crippen LogP) is 3.92. The lowest BCUT2D eigenvalue weighted by Gasteiger charge is -2.21. The number of halogens is 3. The van der Waals surface area contributed by atoms with E-state index in [-0.39, 0.29) is 35.1 Å². The lowest BCUT2D eigenvalue weighted by atomic mass is 10.1. The molecule has 0 saturated heterocycles. The lowest BCUT2D eigenvalue weighted by molar-refractivity contribution is 0.0784. The molecule has 0 aliphatic rings. The number of hydrogen-bond acceptors (Lipinski definition) is 3. The van der Waals surface area contributed by atoms with Crippen LogP contribution < -0.4 is 0 Å². The summed E-state index contributed by atoms with van der Waals surface area (Å²) in [7, 11) is -2.36. The maximum absolute atomic E-state index is 13.4. The second kappa shape index (κ2) is 8.98. The third kappa shape index (κ3) is 4.68. The summed E-state index contributed by atoms with van der Waals surface area (Å²) in [6.45, 7) is 3.97. The zero-order valence-corrected chi connectivity index (χ0v) is 17.3. The summed E-state index contributed by atoms with van der Waals surface area (Å²) < 4.78 is 53.2. The van der Waals surface area contributed by atoms with Crippen molar-refractivity contribution in [3.63, 3.8) is 0 Å². The number of hydrogen-bond donors (Lipinski definition) is 0. The number of benzene rings is 2. The van der Waals surface area contributed by atoms with E-state index in [0.717, 1.165) is 12.1 Å². The SMILES string of the molecule is CCN(CC)S(=O)(=O)c1cc(C(=O)N(C)Cc2ccc(F)c(F)c2)ccc1Cl. The summed E-state index contributed by atoms with van der Waals surface area (Å²) in [5, 5.41) is 0.0201. The monoisotopic (exact) mass is 430 g/mol. The highest BCUT2D eigenvalue weighted by molar-refractivity contribution is 7.89. The van der Waals surface area contributed by atoms with Gasteiger partial charge in [-0.15, -0.1) is 0 Å². The van der Waals surface area contributed by atoms with Crippen molar-refractivity contribution in [2.75, 3.05) is 20.1 Å². The Bertz CT molecular complexity index is 979. The van der Waals surface area contributed by atoms with Crippen LogP contribution in [0.1, 0.15) is 29.8 Å². The minimum Gasteiger partial charge on any atom is -0.337 e. The van der Waals surface area contributed by atoms with Crippen molar-refractivity contribution in [2.45, 2.75) is 25.3 Å². The van der Waals surface area contributed by atoms with Gasteiger partial charge in [0.2, 0.25) is 10.0 Å². The van der Waals surface area contributed by atoms with E-state index in [0.29, 0.717) is 5.56 Å². The zero-order chi connectivity index (χ0) is 21.1. The first-order chi connectivity index (χ1) is 13.1. The maximum Gasteiger partial charge on any atom is 0.253 e. The third-order valence-electron chi connectivity index (χ3n) is 4.25. The third-order valence-corrected chi connectivity index (χ3v) is 6.78. The Hall–Kier alpha value is -2.03. The van der Waals surface area contributed by atoms with Gasteiger partial charge in [0, 0.05) is 32.2 Å². The molecule has 28 heavy (non-hydrogen) atoms. The predicted molar refractivity (Wildman–Crippen MR) is 104 cm³/mol.